The summed E-state index contributed by atoms with van der Waals surface area (Å²) in [5.74, 6) is 0.589. The predicted molar refractivity (Wildman–Crippen MR) is 111 cm³/mol. The van der Waals surface area contributed by atoms with Crippen molar-refractivity contribution in [3.05, 3.63) is 59.7 Å². The van der Waals surface area contributed by atoms with Gasteiger partial charge in [-0.1, -0.05) is 62.9 Å². The fourth-order valence-electron chi connectivity index (χ4n) is 3.96. The molecule has 0 bridgehead atoms. The van der Waals surface area contributed by atoms with E-state index in [4.69, 9.17) is 4.74 Å². The van der Waals surface area contributed by atoms with Crippen molar-refractivity contribution < 1.29 is 9.53 Å². The fraction of sp³-hybridized carbons (Fsp3) is 0.417. The highest BCUT2D eigenvalue weighted by molar-refractivity contribution is 5.99. The molecule has 0 aromatic heterocycles. The average molecular weight is 377 g/mol. The van der Waals surface area contributed by atoms with E-state index in [9.17, 15) is 10.1 Å². The Morgan fingerprint density at radius 3 is 2.57 bits per heavy atom. The number of unbranched alkanes of at least 4 members (excludes halogenated alkanes) is 1. The minimum absolute atomic E-state index is 0.0157. The van der Waals surface area contributed by atoms with Crippen LogP contribution in [0, 0.1) is 11.3 Å². The van der Waals surface area contributed by atoms with E-state index in [0.29, 0.717) is 23.6 Å². The summed E-state index contributed by atoms with van der Waals surface area (Å²) in [5.41, 5.74) is 1.67. The number of ether oxygens (including phenoxy) is 1. The molecule has 0 atom stereocenters. The van der Waals surface area contributed by atoms with Gasteiger partial charge in [-0.2, -0.15) is 5.26 Å². The third-order valence-corrected chi connectivity index (χ3v) is 5.58. The Labute approximate surface area is 167 Å². The molecule has 0 unspecified atom stereocenters. The average Bonchev–Trinajstić information content (AvgIpc) is 2.75. The van der Waals surface area contributed by atoms with Crippen molar-refractivity contribution in [1.29, 1.82) is 5.26 Å². The summed E-state index contributed by atoms with van der Waals surface area (Å²) in [6, 6.07) is 17.6. The Kier molecular flexibility index (Phi) is 6.71. The number of benzene rings is 2. The maximum absolute atomic E-state index is 13.4. The molecule has 4 nitrogen and oxygen atoms in total. The molecule has 0 heterocycles. The van der Waals surface area contributed by atoms with Gasteiger partial charge in [-0.3, -0.25) is 4.79 Å². The lowest BCUT2D eigenvalue weighted by molar-refractivity contribution is -0.122. The molecule has 28 heavy (non-hydrogen) atoms. The number of hydrogen-bond acceptors (Lipinski definition) is 3. The Hall–Kier alpha value is -2.80. The maximum atomic E-state index is 13.4. The number of anilines is 1. The molecule has 0 aliphatic heterocycles. The van der Waals surface area contributed by atoms with Crippen LogP contribution in [-0.4, -0.2) is 12.5 Å². The topological polar surface area (TPSA) is 62.1 Å². The van der Waals surface area contributed by atoms with Crippen LogP contribution in [0.4, 0.5) is 5.69 Å². The molecular formula is C24H28N2O2. The zero-order valence-electron chi connectivity index (χ0n) is 16.5. The molecule has 1 saturated carbocycles. The van der Waals surface area contributed by atoms with Gasteiger partial charge in [0, 0.05) is 5.69 Å². The van der Waals surface area contributed by atoms with Crippen LogP contribution in [0.2, 0.25) is 0 Å². The number of nitriles is 1. The number of rotatable bonds is 7. The van der Waals surface area contributed by atoms with E-state index in [1.807, 2.05) is 24.3 Å². The molecule has 1 aliphatic rings. The first-order valence-electron chi connectivity index (χ1n) is 10.2. The second-order valence-electron chi connectivity index (χ2n) is 7.49. The summed E-state index contributed by atoms with van der Waals surface area (Å²) in [7, 11) is 0. The third kappa shape index (κ3) is 4.36. The van der Waals surface area contributed by atoms with E-state index in [-0.39, 0.29) is 5.91 Å². The molecule has 1 amide bonds. The Morgan fingerprint density at radius 2 is 1.89 bits per heavy atom. The molecule has 1 fully saturated rings. The van der Waals surface area contributed by atoms with Gasteiger partial charge in [-0.25, -0.2) is 0 Å². The molecule has 3 rings (SSSR count). The number of carbonyl (C=O) groups is 1. The first-order chi connectivity index (χ1) is 13.7. The zero-order chi connectivity index (χ0) is 19.8. The number of nitrogens with one attached hydrogen (secondary N) is 1. The van der Waals surface area contributed by atoms with Gasteiger partial charge >= 0.3 is 0 Å². The summed E-state index contributed by atoms with van der Waals surface area (Å²) in [4.78, 5) is 13.4. The Balaban J connectivity index is 1.81. The van der Waals surface area contributed by atoms with E-state index in [1.54, 1.807) is 12.1 Å². The van der Waals surface area contributed by atoms with Gasteiger partial charge < -0.3 is 10.1 Å². The van der Waals surface area contributed by atoms with Crippen molar-refractivity contribution in [2.45, 2.75) is 57.3 Å². The highest BCUT2D eigenvalue weighted by atomic mass is 16.5. The van der Waals surface area contributed by atoms with Crippen molar-refractivity contribution in [3.8, 4) is 11.8 Å². The van der Waals surface area contributed by atoms with Crippen LogP contribution in [0.5, 0.6) is 5.75 Å². The second kappa shape index (κ2) is 9.41. The van der Waals surface area contributed by atoms with Gasteiger partial charge in [0.1, 0.15) is 11.8 Å². The normalized spacial score (nSPS) is 15.4. The van der Waals surface area contributed by atoms with E-state index >= 15 is 0 Å². The van der Waals surface area contributed by atoms with Gasteiger partial charge in [-0.15, -0.1) is 0 Å². The maximum Gasteiger partial charge on any atom is 0.235 e. The largest absolute Gasteiger partial charge is 0.492 e. The molecule has 0 saturated heterocycles. The fourth-order valence-corrected chi connectivity index (χ4v) is 3.96. The number of carbonyl (C=O) groups excluding carboxylic acids is 1. The van der Waals surface area contributed by atoms with E-state index in [0.717, 1.165) is 44.1 Å². The Morgan fingerprint density at radius 1 is 1.14 bits per heavy atom. The molecule has 2 aromatic carbocycles. The molecule has 0 radical (unpaired) electrons. The minimum Gasteiger partial charge on any atom is -0.492 e. The van der Waals surface area contributed by atoms with Crippen molar-refractivity contribution in [2.75, 3.05) is 11.9 Å². The lowest BCUT2D eigenvalue weighted by Gasteiger charge is -2.36. The van der Waals surface area contributed by atoms with Gasteiger partial charge in [-0.05, 0) is 43.0 Å². The zero-order valence-corrected chi connectivity index (χ0v) is 16.5. The van der Waals surface area contributed by atoms with Crippen molar-refractivity contribution in [2.24, 2.45) is 0 Å². The monoisotopic (exact) mass is 376 g/mol. The quantitative estimate of drug-likeness (QED) is 0.642. The number of amides is 1. The third-order valence-electron chi connectivity index (χ3n) is 5.58. The van der Waals surface area contributed by atoms with Crippen LogP contribution in [0.25, 0.3) is 0 Å². The summed E-state index contributed by atoms with van der Waals surface area (Å²) in [6.07, 6.45) is 6.97. The van der Waals surface area contributed by atoms with Gasteiger partial charge in [0.2, 0.25) is 5.91 Å². The van der Waals surface area contributed by atoms with Crippen LogP contribution in [0.15, 0.2) is 48.5 Å². The van der Waals surface area contributed by atoms with Crippen LogP contribution in [0.3, 0.4) is 0 Å². The highest BCUT2D eigenvalue weighted by Crippen LogP contribution is 2.40. The SMILES string of the molecule is CCCCOc1ccc(NC(=O)C2(c3ccccc3)CCCCC2)cc1C#N. The molecule has 1 aliphatic carbocycles. The number of hydrogen-bond donors (Lipinski definition) is 1. The van der Waals surface area contributed by atoms with Gasteiger partial charge in [0.15, 0.2) is 0 Å². The van der Waals surface area contributed by atoms with Crippen LogP contribution < -0.4 is 10.1 Å². The summed E-state index contributed by atoms with van der Waals surface area (Å²) < 4.78 is 5.70. The van der Waals surface area contributed by atoms with Crippen molar-refractivity contribution in [3.63, 3.8) is 0 Å². The lowest BCUT2D eigenvalue weighted by atomic mass is 9.68. The molecular weight excluding hydrogens is 348 g/mol. The molecule has 2 aromatic rings. The molecule has 146 valence electrons. The summed E-state index contributed by atoms with van der Waals surface area (Å²) in [6.45, 7) is 2.69. The smallest absolute Gasteiger partial charge is 0.235 e. The standard InChI is InChI=1S/C24H28N2O2/c1-2-3-16-28-22-13-12-21(17-19(22)18-25)26-23(27)24(14-8-5-9-15-24)20-10-6-4-7-11-20/h4,6-7,10-13,17H,2-3,5,8-9,14-16H2,1H3,(H,26,27). The van der Waals surface area contributed by atoms with Crippen molar-refractivity contribution in [1.82, 2.24) is 0 Å². The molecule has 0 spiro atoms. The first kappa shape index (κ1) is 19.9. The van der Waals surface area contributed by atoms with Crippen LogP contribution in [0.1, 0.15) is 63.0 Å². The lowest BCUT2D eigenvalue weighted by Crippen LogP contribution is -2.42. The Bertz CT molecular complexity index is 833. The number of nitrogens with zero attached hydrogens (tertiary/aromatic N) is 1. The molecule has 4 heteroatoms. The second-order valence-corrected chi connectivity index (χ2v) is 7.49. The van der Waals surface area contributed by atoms with Gasteiger partial charge in [0.05, 0.1) is 17.6 Å². The van der Waals surface area contributed by atoms with Gasteiger partial charge in [0.25, 0.3) is 0 Å². The highest BCUT2D eigenvalue weighted by Gasteiger charge is 2.41. The van der Waals surface area contributed by atoms with Crippen molar-refractivity contribution >= 4 is 11.6 Å². The van der Waals surface area contributed by atoms with Crippen LogP contribution >= 0.6 is 0 Å². The minimum atomic E-state index is -0.497. The van der Waals surface area contributed by atoms with Crippen LogP contribution in [-0.2, 0) is 10.2 Å². The molecule has 1 N–H and O–H groups in total. The van der Waals surface area contributed by atoms with E-state index in [1.165, 1.54) is 6.42 Å². The summed E-state index contributed by atoms with van der Waals surface area (Å²) >= 11 is 0. The van der Waals surface area contributed by atoms with E-state index < -0.39 is 5.41 Å². The predicted octanol–water partition coefficient (Wildman–Crippen LogP) is 5.58. The van der Waals surface area contributed by atoms with E-state index in [2.05, 4.69) is 30.4 Å². The summed E-state index contributed by atoms with van der Waals surface area (Å²) in [5, 5.41) is 12.5. The first-order valence-corrected chi connectivity index (χ1v) is 10.2.